The molecule has 25 heavy (non-hydrogen) atoms. The first-order valence-corrected chi connectivity index (χ1v) is 9.64. The van der Waals surface area contributed by atoms with Crippen LogP contribution < -0.4 is 5.32 Å². The van der Waals surface area contributed by atoms with Crippen molar-refractivity contribution >= 4 is 6.72 Å². The van der Waals surface area contributed by atoms with Crippen LogP contribution in [0.3, 0.4) is 0 Å². The Bertz CT molecular complexity index is 654. The van der Waals surface area contributed by atoms with E-state index < -0.39 is 5.72 Å². The summed E-state index contributed by atoms with van der Waals surface area (Å²) in [7, 11) is 0. The van der Waals surface area contributed by atoms with Crippen LogP contribution in [0.15, 0.2) is 17.4 Å². The molecule has 5 unspecified atom stereocenters. The highest BCUT2D eigenvalue weighted by molar-refractivity contribution is 5.27. The number of nitrogens with zero attached hydrogens (tertiary/aromatic N) is 3. The topological polar surface area (TPSA) is 80.3 Å². The smallest absolute Gasteiger partial charge is 0.197 e. The van der Waals surface area contributed by atoms with Crippen LogP contribution in [0.1, 0.15) is 70.2 Å². The van der Waals surface area contributed by atoms with Crippen molar-refractivity contribution in [1.29, 1.82) is 0 Å². The van der Waals surface area contributed by atoms with Gasteiger partial charge in [0.15, 0.2) is 5.72 Å². The third kappa shape index (κ3) is 3.24. The summed E-state index contributed by atoms with van der Waals surface area (Å²) in [5.74, 6) is 0.775. The van der Waals surface area contributed by atoms with E-state index in [1.165, 1.54) is 44.9 Å². The number of rotatable bonds is 5. The predicted molar refractivity (Wildman–Crippen MR) is 98.4 cm³/mol. The summed E-state index contributed by atoms with van der Waals surface area (Å²) in [5.41, 5.74) is 1.15. The van der Waals surface area contributed by atoms with Gasteiger partial charge >= 0.3 is 0 Å². The lowest BCUT2D eigenvalue weighted by molar-refractivity contribution is 0.0635. The van der Waals surface area contributed by atoms with Crippen molar-refractivity contribution in [2.75, 3.05) is 0 Å². The first-order valence-electron chi connectivity index (χ1n) is 9.64. The van der Waals surface area contributed by atoms with Crippen molar-refractivity contribution in [1.82, 2.24) is 15.3 Å². The predicted octanol–water partition coefficient (Wildman–Crippen LogP) is 2.98. The monoisotopic (exact) mass is 342 g/mol. The Labute approximate surface area is 150 Å². The summed E-state index contributed by atoms with van der Waals surface area (Å²) in [4.78, 5) is 12.5. The van der Waals surface area contributed by atoms with E-state index in [4.69, 9.17) is 0 Å². The zero-order chi connectivity index (χ0) is 17.7. The molecule has 1 saturated heterocycles. The number of aliphatic imine (C=N–C) groups is 1. The molecule has 5 heteroatoms. The van der Waals surface area contributed by atoms with Crippen molar-refractivity contribution in [2.45, 2.75) is 82.5 Å². The van der Waals surface area contributed by atoms with Gasteiger partial charge in [0.2, 0.25) is 0 Å². The van der Waals surface area contributed by atoms with Gasteiger partial charge in [0.05, 0.1) is 11.9 Å². The summed E-state index contributed by atoms with van der Waals surface area (Å²) >= 11 is 0. The van der Waals surface area contributed by atoms with Gasteiger partial charge in [-0.15, -0.1) is 0 Å². The average molecular weight is 342 g/mol. The normalized spacial score (nSPS) is 39.0. The first kappa shape index (κ1) is 17.1. The minimum atomic E-state index is -1.36. The van der Waals surface area contributed by atoms with E-state index in [-0.39, 0.29) is 0 Å². The third-order valence-electron chi connectivity index (χ3n) is 6.99. The molecule has 2 saturated carbocycles. The van der Waals surface area contributed by atoms with E-state index in [0.29, 0.717) is 16.6 Å². The lowest BCUT2D eigenvalue weighted by atomic mass is 9.76. The van der Waals surface area contributed by atoms with Gasteiger partial charge in [-0.1, -0.05) is 6.92 Å². The molecule has 0 amide bonds. The zero-order valence-corrected chi connectivity index (χ0v) is 15.5. The van der Waals surface area contributed by atoms with E-state index in [1.807, 2.05) is 0 Å². The minimum absolute atomic E-state index is 0.450. The number of aliphatic hydroxyl groups is 1. The van der Waals surface area contributed by atoms with Crippen LogP contribution in [-0.4, -0.2) is 33.4 Å². The van der Waals surface area contributed by atoms with E-state index >= 15 is 0 Å². The molecule has 2 heterocycles. The van der Waals surface area contributed by atoms with Gasteiger partial charge in [0.1, 0.15) is 5.69 Å². The number of hydrogen-bond donors (Lipinski definition) is 2. The Balaban J connectivity index is 1.36. The maximum absolute atomic E-state index is 10.1. The van der Waals surface area contributed by atoms with Crippen LogP contribution in [0, 0.1) is 11.3 Å². The molecule has 2 bridgehead atoms. The van der Waals surface area contributed by atoms with Crippen LogP contribution in [0.4, 0.5) is 0 Å². The number of aromatic nitrogens is 2. The molecule has 1 aliphatic heterocycles. The molecule has 1 spiro atoms. The highest BCUT2D eigenvalue weighted by Crippen LogP contribution is 2.57. The second kappa shape index (κ2) is 5.85. The van der Waals surface area contributed by atoms with Gasteiger partial charge in [-0.25, -0.2) is 0 Å². The summed E-state index contributed by atoms with van der Waals surface area (Å²) in [5, 5.41) is 13.9. The van der Waals surface area contributed by atoms with Crippen LogP contribution in [0.5, 0.6) is 0 Å². The van der Waals surface area contributed by atoms with Crippen LogP contribution in [-0.2, 0) is 12.1 Å². The quantitative estimate of drug-likeness (QED) is 0.637. The molecular formula is C20H30N4O. The molecule has 5 atom stereocenters. The van der Waals surface area contributed by atoms with Gasteiger partial charge in [-0.2, -0.15) is 0 Å². The Morgan fingerprint density at radius 3 is 2.92 bits per heavy atom. The van der Waals surface area contributed by atoms with Gasteiger partial charge in [0, 0.05) is 17.8 Å². The second-order valence-electron chi connectivity index (χ2n) is 9.09. The Kier molecular flexibility index (Phi) is 4.00. The highest BCUT2D eigenvalue weighted by atomic mass is 16.3. The van der Waals surface area contributed by atoms with Crippen LogP contribution >= 0.6 is 0 Å². The van der Waals surface area contributed by atoms with E-state index in [1.54, 1.807) is 19.3 Å². The Morgan fingerprint density at radius 1 is 1.36 bits per heavy atom. The molecule has 1 aromatic rings. The van der Waals surface area contributed by atoms with E-state index in [9.17, 15) is 5.11 Å². The van der Waals surface area contributed by atoms with Crippen LogP contribution in [0.2, 0.25) is 0 Å². The van der Waals surface area contributed by atoms with Gasteiger partial charge in [0.25, 0.3) is 0 Å². The molecule has 3 fully saturated rings. The SMILES string of the molecule is C=NC(C)(O)c1cnc(CCC2CCC3(C)CCC4(C3)NC4C2)cn1. The van der Waals surface area contributed by atoms with Crippen molar-refractivity contribution < 1.29 is 5.11 Å². The van der Waals surface area contributed by atoms with Gasteiger partial charge < -0.3 is 10.4 Å². The number of aryl methyl sites for hydroxylation is 1. The molecule has 136 valence electrons. The first-order chi connectivity index (χ1) is 11.8. The molecular weight excluding hydrogens is 312 g/mol. The summed E-state index contributed by atoms with van der Waals surface area (Å²) in [6.45, 7) is 7.47. The maximum atomic E-state index is 10.1. The average Bonchev–Trinajstić information content (AvgIpc) is 3.11. The fourth-order valence-electron chi connectivity index (χ4n) is 5.11. The van der Waals surface area contributed by atoms with E-state index in [0.717, 1.165) is 24.1 Å². The van der Waals surface area contributed by atoms with Crippen molar-refractivity contribution in [2.24, 2.45) is 16.3 Å². The molecule has 0 aromatic carbocycles. The number of nitrogens with one attached hydrogen (secondary N) is 1. The lowest BCUT2D eigenvalue weighted by Gasteiger charge is -2.29. The van der Waals surface area contributed by atoms with Gasteiger partial charge in [-0.3, -0.25) is 15.0 Å². The Morgan fingerprint density at radius 2 is 2.20 bits per heavy atom. The third-order valence-corrected chi connectivity index (χ3v) is 6.99. The largest absolute Gasteiger partial charge is 0.364 e. The molecule has 3 aliphatic rings. The lowest BCUT2D eigenvalue weighted by Crippen LogP contribution is -2.23. The zero-order valence-electron chi connectivity index (χ0n) is 15.5. The standard InChI is InChI=1S/C20H30N4O/c1-18-7-6-14(10-16-20(13-18,24-16)9-8-18)4-5-15-11-23-17(12-22-15)19(2,25)21-3/h11-12,14,16,24-25H,3-10,13H2,1-2H3. The van der Waals surface area contributed by atoms with Crippen molar-refractivity contribution in [3.63, 3.8) is 0 Å². The minimum Gasteiger partial charge on any atom is -0.364 e. The molecule has 5 nitrogen and oxygen atoms in total. The molecule has 1 aromatic heterocycles. The maximum Gasteiger partial charge on any atom is 0.197 e. The van der Waals surface area contributed by atoms with Crippen molar-refractivity contribution in [3.8, 4) is 0 Å². The summed E-state index contributed by atoms with van der Waals surface area (Å²) in [6, 6.07) is 0.752. The number of fused-ring (bicyclic) bond motifs is 1. The fourth-order valence-corrected chi connectivity index (χ4v) is 5.11. The second-order valence-corrected chi connectivity index (χ2v) is 9.09. The molecule has 2 N–H and O–H groups in total. The van der Waals surface area contributed by atoms with Crippen molar-refractivity contribution in [3.05, 3.63) is 23.8 Å². The van der Waals surface area contributed by atoms with Crippen LogP contribution in [0.25, 0.3) is 0 Å². The number of hydrogen-bond acceptors (Lipinski definition) is 5. The molecule has 0 radical (unpaired) electrons. The molecule has 4 rings (SSSR count). The highest BCUT2D eigenvalue weighted by Gasteiger charge is 2.60. The fraction of sp³-hybridized carbons (Fsp3) is 0.750. The summed E-state index contributed by atoms with van der Waals surface area (Å²) in [6.07, 6.45) is 13.7. The Hall–Kier alpha value is -1.33. The summed E-state index contributed by atoms with van der Waals surface area (Å²) < 4.78 is 0. The van der Waals surface area contributed by atoms with E-state index in [2.05, 4.69) is 33.9 Å². The molecule has 2 aliphatic carbocycles. The van der Waals surface area contributed by atoms with Gasteiger partial charge in [-0.05, 0) is 76.3 Å².